The fraction of sp³-hybridized carbons (Fsp3) is 0.500. The number of hydrogen-bond acceptors (Lipinski definition) is 0. The van der Waals surface area contributed by atoms with E-state index in [-0.39, 0.29) is 21.7 Å². The Morgan fingerprint density at radius 1 is 0.406 bits per heavy atom. The van der Waals surface area contributed by atoms with Crippen LogP contribution in [0.3, 0.4) is 0 Å². The normalized spacial score (nSPS) is 13.2. The van der Waals surface area contributed by atoms with Crippen LogP contribution >= 0.6 is 0 Å². The summed E-state index contributed by atoms with van der Waals surface area (Å²) in [4.78, 5) is 0. The first-order valence-corrected chi connectivity index (χ1v) is 11.6. The summed E-state index contributed by atoms with van der Waals surface area (Å²) in [6.07, 6.45) is 20.2. The molecule has 0 bridgehead atoms. The Morgan fingerprint density at radius 2 is 0.688 bits per heavy atom. The summed E-state index contributed by atoms with van der Waals surface area (Å²) in [5, 5.41) is 0. The fourth-order valence-electron chi connectivity index (χ4n) is 4.04. The van der Waals surface area contributed by atoms with Gasteiger partial charge >= 0.3 is 0 Å². The van der Waals surface area contributed by atoms with Crippen LogP contribution in [0, 0.1) is 45.3 Å². The lowest BCUT2D eigenvalue weighted by atomic mass is 9.72. The van der Waals surface area contributed by atoms with Crippen LogP contribution in [-0.4, -0.2) is 0 Å². The molecule has 0 heteroatoms. The van der Waals surface area contributed by atoms with Crippen molar-refractivity contribution in [1.29, 1.82) is 0 Å². The van der Waals surface area contributed by atoms with Gasteiger partial charge in [0.25, 0.3) is 0 Å². The number of hydrogen-bond donors (Lipinski definition) is 0. The molecule has 0 aromatic carbocycles. The Morgan fingerprint density at radius 3 is 0.938 bits per heavy atom. The molecular weight excluding hydrogens is 384 g/mol. The molecule has 0 rings (SSSR count). The first-order chi connectivity index (χ1) is 14.5. The van der Waals surface area contributed by atoms with E-state index in [1.54, 1.807) is 0 Å². The van der Waals surface area contributed by atoms with Gasteiger partial charge in [-0.15, -0.1) is 0 Å². The standard InChI is InChI=1S/C32H46/c1-29(2,3)27(30(4,5)6)25-23-21-19-17-15-13-14-16-18-20-22-24-26-28(31(7,8)9)32(10,11)12/h17-26H,1-12H3/b19-17+,20-18+,23-21+,24-22+. The molecule has 0 spiro atoms. The second kappa shape index (κ2) is 12.6. The minimum Gasteiger partial charge on any atom is -0.0623 e. The maximum absolute atomic E-state index is 2.95. The van der Waals surface area contributed by atoms with Crippen molar-refractivity contribution >= 4 is 0 Å². The lowest BCUT2D eigenvalue weighted by Crippen LogP contribution is -2.22. The number of allylic oxidation sites excluding steroid dienone is 12. The molecule has 0 amide bonds. The van der Waals surface area contributed by atoms with Gasteiger partial charge in [-0.1, -0.05) is 155 Å². The monoisotopic (exact) mass is 430 g/mol. The summed E-state index contributed by atoms with van der Waals surface area (Å²) < 4.78 is 0. The van der Waals surface area contributed by atoms with Crippen LogP contribution in [0.15, 0.2) is 71.9 Å². The highest BCUT2D eigenvalue weighted by Gasteiger charge is 2.27. The summed E-state index contributed by atoms with van der Waals surface area (Å²) in [6.45, 7) is 27.1. The smallest absolute Gasteiger partial charge is 0.0102 e. The molecular formula is C32H46. The minimum atomic E-state index is 0.155. The van der Waals surface area contributed by atoms with E-state index in [4.69, 9.17) is 0 Å². The molecule has 32 heavy (non-hydrogen) atoms. The average Bonchev–Trinajstić information content (AvgIpc) is 2.56. The van der Waals surface area contributed by atoms with Crippen molar-refractivity contribution in [2.45, 2.75) is 83.1 Å². The van der Waals surface area contributed by atoms with E-state index in [9.17, 15) is 0 Å². The Hall–Kier alpha value is -2.44. The molecule has 0 nitrogen and oxygen atoms in total. The first-order valence-electron chi connectivity index (χ1n) is 11.6. The van der Waals surface area contributed by atoms with Gasteiger partial charge in [0.05, 0.1) is 0 Å². The van der Waals surface area contributed by atoms with Crippen molar-refractivity contribution < 1.29 is 0 Å². The Labute approximate surface area is 200 Å². The SMILES string of the molecule is CC(C)(C)C(=C/C=C/C=C/C#CC#C/C=C/C=C/C=C(C(C)(C)C)C(C)(C)C)C(C)(C)C. The molecule has 0 unspecified atom stereocenters. The zero-order valence-corrected chi connectivity index (χ0v) is 22.8. The van der Waals surface area contributed by atoms with Crippen LogP contribution in [0.25, 0.3) is 0 Å². The van der Waals surface area contributed by atoms with Crippen molar-refractivity contribution in [1.82, 2.24) is 0 Å². The minimum absolute atomic E-state index is 0.155. The predicted octanol–water partition coefficient (Wildman–Crippen LogP) is 9.26. The molecule has 0 aromatic heterocycles. The molecule has 0 saturated carbocycles. The van der Waals surface area contributed by atoms with Crippen molar-refractivity contribution in [3.8, 4) is 23.7 Å². The lowest BCUT2D eigenvalue weighted by Gasteiger charge is -2.33. The summed E-state index contributed by atoms with van der Waals surface area (Å²) in [6, 6.07) is 0. The molecule has 0 radical (unpaired) electrons. The lowest BCUT2D eigenvalue weighted by molar-refractivity contribution is 0.362. The van der Waals surface area contributed by atoms with E-state index in [0.717, 1.165) is 0 Å². The molecule has 0 fully saturated rings. The van der Waals surface area contributed by atoms with E-state index in [1.807, 2.05) is 36.5 Å². The van der Waals surface area contributed by atoms with Gasteiger partial charge < -0.3 is 0 Å². The van der Waals surface area contributed by atoms with E-state index in [0.29, 0.717) is 0 Å². The van der Waals surface area contributed by atoms with Gasteiger partial charge in [-0.25, -0.2) is 0 Å². The van der Waals surface area contributed by atoms with Crippen LogP contribution in [0.2, 0.25) is 0 Å². The molecule has 0 heterocycles. The second-order valence-electron chi connectivity index (χ2n) is 12.2. The third-order valence-corrected chi connectivity index (χ3v) is 4.77. The summed E-state index contributed by atoms with van der Waals surface area (Å²) in [5.74, 6) is 11.6. The van der Waals surface area contributed by atoms with Crippen molar-refractivity contribution in [2.24, 2.45) is 21.7 Å². The molecule has 0 N–H and O–H groups in total. The van der Waals surface area contributed by atoms with Gasteiger partial charge in [0.15, 0.2) is 0 Å². The zero-order valence-electron chi connectivity index (χ0n) is 22.8. The Balaban J connectivity index is 4.87. The molecule has 0 aliphatic rings. The second-order valence-corrected chi connectivity index (χ2v) is 12.2. The molecule has 0 aliphatic carbocycles. The van der Waals surface area contributed by atoms with Crippen LogP contribution in [0.5, 0.6) is 0 Å². The predicted molar refractivity (Wildman–Crippen MR) is 146 cm³/mol. The third-order valence-electron chi connectivity index (χ3n) is 4.77. The van der Waals surface area contributed by atoms with Gasteiger partial charge in [0, 0.05) is 0 Å². The van der Waals surface area contributed by atoms with E-state index in [1.165, 1.54) is 11.1 Å². The van der Waals surface area contributed by atoms with E-state index in [2.05, 4.69) is 131 Å². The summed E-state index contributed by atoms with van der Waals surface area (Å²) in [7, 11) is 0. The van der Waals surface area contributed by atoms with Crippen LogP contribution in [0.4, 0.5) is 0 Å². The highest BCUT2D eigenvalue weighted by atomic mass is 14.3. The largest absolute Gasteiger partial charge is 0.0623 e. The van der Waals surface area contributed by atoms with Crippen molar-refractivity contribution in [2.75, 3.05) is 0 Å². The summed E-state index contributed by atoms with van der Waals surface area (Å²) in [5.41, 5.74) is 3.47. The van der Waals surface area contributed by atoms with Crippen molar-refractivity contribution in [3.63, 3.8) is 0 Å². The maximum atomic E-state index is 2.95. The quantitative estimate of drug-likeness (QED) is 0.308. The fourth-order valence-corrected chi connectivity index (χ4v) is 4.04. The molecule has 0 saturated heterocycles. The average molecular weight is 431 g/mol. The van der Waals surface area contributed by atoms with Crippen LogP contribution in [0.1, 0.15) is 83.1 Å². The topological polar surface area (TPSA) is 0 Å². The van der Waals surface area contributed by atoms with Gasteiger partial charge in [-0.2, -0.15) is 0 Å². The highest BCUT2D eigenvalue weighted by Crippen LogP contribution is 2.39. The van der Waals surface area contributed by atoms with Crippen LogP contribution in [-0.2, 0) is 0 Å². The van der Waals surface area contributed by atoms with Gasteiger partial charge in [0.2, 0.25) is 0 Å². The maximum Gasteiger partial charge on any atom is -0.0102 e. The van der Waals surface area contributed by atoms with E-state index < -0.39 is 0 Å². The highest BCUT2D eigenvalue weighted by molar-refractivity contribution is 5.36. The molecule has 0 aromatic rings. The van der Waals surface area contributed by atoms with Crippen molar-refractivity contribution in [3.05, 3.63) is 71.9 Å². The van der Waals surface area contributed by atoms with Gasteiger partial charge in [-0.3, -0.25) is 0 Å². The van der Waals surface area contributed by atoms with E-state index >= 15 is 0 Å². The first kappa shape index (κ1) is 29.6. The molecule has 174 valence electrons. The van der Waals surface area contributed by atoms with Crippen LogP contribution < -0.4 is 0 Å². The number of rotatable bonds is 4. The Kier molecular flexibility index (Phi) is 11.6. The summed E-state index contributed by atoms with van der Waals surface area (Å²) >= 11 is 0. The van der Waals surface area contributed by atoms with Gasteiger partial charge in [0.1, 0.15) is 0 Å². The Bertz CT molecular complexity index is 776. The molecule has 0 aliphatic heterocycles. The zero-order chi connectivity index (χ0) is 25.1. The van der Waals surface area contributed by atoms with Gasteiger partial charge in [-0.05, 0) is 45.7 Å². The third kappa shape index (κ3) is 13.1. The molecule has 0 atom stereocenters.